The van der Waals surface area contributed by atoms with E-state index in [1.807, 2.05) is 30.3 Å². The van der Waals surface area contributed by atoms with E-state index in [2.05, 4.69) is 6.58 Å². The maximum Gasteiger partial charge on any atom is 0.338 e. The lowest BCUT2D eigenvalue weighted by Gasteiger charge is -2.08. The standard InChI is InChI=1S/C17H15FO2/c1-3-20-17(19)12(2)14-9-10-15(16(18)11-14)13-7-5-4-6-8-13/h4-11H,2-3H2,1H3. The maximum absolute atomic E-state index is 14.2. The van der Waals surface area contributed by atoms with E-state index in [0.717, 1.165) is 5.56 Å². The van der Waals surface area contributed by atoms with Crippen molar-refractivity contribution < 1.29 is 13.9 Å². The first kappa shape index (κ1) is 14.0. The molecule has 0 atom stereocenters. The zero-order chi connectivity index (χ0) is 14.5. The molecule has 102 valence electrons. The molecular formula is C17H15FO2. The van der Waals surface area contributed by atoms with Gasteiger partial charge in [0.25, 0.3) is 0 Å². The van der Waals surface area contributed by atoms with Gasteiger partial charge in [-0.15, -0.1) is 0 Å². The number of rotatable bonds is 4. The highest BCUT2D eigenvalue weighted by molar-refractivity contribution is 6.15. The fourth-order valence-corrected chi connectivity index (χ4v) is 1.89. The quantitative estimate of drug-likeness (QED) is 0.618. The van der Waals surface area contributed by atoms with Gasteiger partial charge in [0, 0.05) is 5.56 Å². The van der Waals surface area contributed by atoms with Gasteiger partial charge in [0.15, 0.2) is 0 Å². The molecule has 0 radical (unpaired) electrons. The van der Waals surface area contributed by atoms with Crippen LogP contribution in [0.2, 0.25) is 0 Å². The summed E-state index contributed by atoms with van der Waals surface area (Å²) in [5.74, 6) is -0.918. The Kier molecular flexibility index (Phi) is 4.31. The van der Waals surface area contributed by atoms with Crippen LogP contribution < -0.4 is 0 Å². The van der Waals surface area contributed by atoms with E-state index in [0.29, 0.717) is 11.1 Å². The van der Waals surface area contributed by atoms with Crippen LogP contribution in [0.5, 0.6) is 0 Å². The zero-order valence-electron chi connectivity index (χ0n) is 11.2. The van der Waals surface area contributed by atoms with Crippen LogP contribution in [-0.2, 0) is 9.53 Å². The van der Waals surface area contributed by atoms with Crippen LogP contribution in [0.25, 0.3) is 16.7 Å². The monoisotopic (exact) mass is 270 g/mol. The number of ether oxygens (including phenoxy) is 1. The highest BCUT2D eigenvalue weighted by Crippen LogP contribution is 2.25. The molecule has 20 heavy (non-hydrogen) atoms. The normalized spacial score (nSPS) is 10.1. The van der Waals surface area contributed by atoms with Crippen LogP contribution in [-0.4, -0.2) is 12.6 Å². The molecule has 0 bridgehead atoms. The number of benzene rings is 2. The fraction of sp³-hybridized carbons (Fsp3) is 0.118. The molecule has 0 spiro atoms. The summed E-state index contributed by atoms with van der Waals surface area (Å²) >= 11 is 0. The minimum atomic E-state index is -0.528. The van der Waals surface area contributed by atoms with Gasteiger partial charge in [-0.05, 0) is 24.1 Å². The van der Waals surface area contributed by atoms with Gasteiger partial charge in [-0.25, -0.2) is 9.18 Å². The van der Waals surface area contributed by atoms with Crippen LogP contribution in [0.1, 0.15) is 12.5 Å². The Morgan fingerprint density at radius 3 is 2.50 bits per heavy atom. The molecule has 0 saturated heterocycles. The Balaban J connectivity index is 2.31. The van der Waals surface area contributed by atoms with E-state index >= 15 is 0 Å². The van der Waals surface area contributed by atoms with Crippen LogP contribution in [0, 0.1) is 5.82 Å². The molecule has 0 unspecified atom stereocenters. The largest absolute Gasteiger partial charge is 0.462 e. The first-order chi connectivity index (χ1) is 9.63. The molecule has 0 heterocycles. The van der Waals surface area contributed by atoms with Crippen molar-refractivity contribution in [1.82, 2.24) is 0 Å². The van der Waals surface area contributed by atoms with E-state index in [-0.39, 0.29) is 18.0 Å². The molecule has 2 nitrogen and oxygen atoms in total. The maximum atomic E-state index is 14.2. The van der Waals surface area contributed by atoms with Crippen molar-refractivity contribution in [2.45, 2.75) is 6.92 Å². The second-order valence-electron chi connectivity index (χ2n) is 4.26. The molecule has 0 N–H and O–H groups in total. The fourth-order valence-electron chi connectivity index (χ4n) is 1.89. The number of carbonyl (C=O) groups is 1. The van der Waals surface area contributed by atoms with E-state index < -0.39 is 5.97 Å². The Morgan fingerprint density at radius 2 is 1.90 bits per heavy atom. The molecule has 0 aliphatic carbocycles. The summed E-state index contributed by atoms with van der Waals surface area (Å²) < 4.78 is 19.0. The highest BCUT2D eigenvalue weighted by atomic mass is 19.1. The van der Waals surface area contributed by atoms with Crippen LogP contribution in [0.4, 0.5) is 4.39 Å². The lowest BCUT2D eigenvalue weighted by atomic mass is 10.0. The third kappa shape index (κ3) is 2.94. The number of esters is 1. The van der Waals surface area contributed by atoms with Gasteiger partial charge < -0.3 is 4.74 Å². The average molecular weight is 270 g/mol. The summed E-state index contributed by atoms with van der Waals surface area (Å²) in [5.41, 5.74) is 1.87. The van der Waals surface area contributed by atoms with Crippen molar-refractivity contribution in [3.8, 4) is 11.1 Å². The predicted molar refractivity (Wildman–Crippen MR) is 77.5 cm³/mol. The van der Waals surface area contributed by atoms with Gasteiger partial charge in [0.05, 0.1) is 12.2 Å². The second-order valence-corrected chi connectivity index (χ2v) is 4.26. The van der Waals surface area contributed by atoms with Gasteiger partial charge in [-0.2, -0.15) is 0 Å². The SMILES string of the molecule is C=C(C(=O)OCC)c1ccc(-c2ccccc2)c(F)c1. The molecule has 2 aromatic carbocycles. The smallest absolute Gasteiger partial charge is 0.338 e. The van der Waals surface area contributed by atoms with Gasteiger partial charge in [0.1, 0.15) is 5.82 Å². The highest BCUT2D eigenvalue weighted by Gasteiger charge is 2.13. The average Bonchev–Trinajstić information content (AvgIpc) is 2.47. The Hall–Kier alpha value is -2.42. The van der Waals surface area contributed by atoms with Crippen molar-refractivity contribution in [3.63, 3.8) is 0 Å². The molecule has 2 rings (SSSR count). The topological polar surface area (TPSA) is 26.3 Å². The van der Waals surface area contributed by atoms with Gasteiger partial charge in [-0.1, -0.05) is 49.0 Å². The Morgan fingerprint density at radius 1 is 1.20 bits per heavy atom. The summed E-state index contributed by atoms with van der Waals surface area (Å²) in [6, 6.07) is 13.9. The second kappa shape index (κ2) is 6.15. The summed E-state index contributed by atoms with van der Waals surface area (Å²) in [5, 5.41) is 0. The van der Waals surface area contributed by atoms with Gasteiger partial charge in [0.2, 0.25) is 0 Å². The molecule has 0 aliphatic rings. The molecular weight excluding hydrogens is 255 g/mol. The number of hydrogen-bond donors (Lipinski definition) is 0. The molecule has 0 fully saturated rings. The van der Waals surface area contributed by atoms with Crippen LogP contribution in [0.15, 0.2) is 55.1 Å². The van der Waals surface area contributed by atoms with E-state index in [9.17, 15) is 9.18 Å². The number of carbonyl (C=O) groups excluding carboxylic acids is 1. The third-order valence-electron chi connectivity index (χ3n) is 2.92. The first-order valence-electron chi connectivity index (χ1n) is 6.35. The Bertz CT molecular complexity index is 633. The van der Waals surface area contributed by atoms with Crippen molar-refractivity contribution in [2.75, 3.05) is 6.61 Å². The summed E-state index contributed by atoms with van der Waals surface area (Å²) in [6.07, 6.45) is 0. The molecule has 2 aromatic rings. The molecule has 0 saturated carbocycles. The lowest BCUT2D eigenvalue weighted by molar-refractivity contribution is -0.136. The minimum absolute atomic E-state index is 0.158. The van der Waals surface area contributed by atoms with Crippen molar-refractivity contribution >= 4 is 11.5 Å². The summed E-state index contributed by atoms with van der Waals surface area (Å²) in [6.45, 7) is 5.62. The van der Waals surface area contributed by atoms with Crippen molar-refractivity contribution in [2.24, 2.45) is 0 Å². The van der Waals surface area contributed by atoms with Gasteiger partial charge in [-0.3, -0.25) is 0 Å². The summed E-state index contributed by atoms with van der Waals surface area (Å²) in [4.78, 5) is 11.6. The molecule has 0 aliphatic heterocycles. The van der Waals surface area contributed by atoms with E-state index in [1.165, 1.54) is 6.07 Å². The number of halogens is 1. The predicted octanol–water partition coefficient (Wildman–Crippen LogP) is 4.07. The Labute approximate surface area is 117 Å². The van der Waals surface area contributed by atoms with Gasteiger partial charge >= 0.3 is 5.97 Å². The minimum Gasteiger partial charge on any atom is -0.462 e. The first-order valence-corrected chi connectivity index (χ1v) is 6.35. The molecule has 0 aromatic heterocycles. The molecule has 0 amide bonds. The van der Waals surface area contributed by atoms with E-state index in [1.54, 1.807) is 19.1 Å². The van der Waals surface area contributed by atoms with Crippen LogP contribution >= 0.6 is 0 Å². The zero-order valence-corrected chi connectivity index (χ0v) is 11.2. The summed E-state index contributed by atoms with van der Waals surface area (Å²) in [7, 11) is 0. The van der Waals surface area contributed by atoms with Crippen molar-refractivity contribution in [3.05, 3.63) is 66.5 Å². The van der Waals surface area contributed by atoms with E-state index in [4.69, 9.17) is 4.74 Å². The lowest BCUT2D eigenvalue weighted by Crippen LogP contribution is -2.06. The molecule has 3 heteroatoms. The van der Waals surface area contributed by atoms with Crippen LogP contribution in [0.3, 0.4) is 0 Å². The number of hydrogen-bond acceptors (Lipinski definition) is 2. The third-order valence-corrected chi connectivity index (χ3v) is 2.92. The van der Waals surface area contributed by atoms with Crippen molar-refractivity contribution in [1.29, 1.82) is 0 Å².